The van der Waals surface area contributed by atoms with E-state index >= 15 is 0 Å². The normalized spacial score (nSPS) is 16.1. The number of hydrogen-bond donors (Lipinski definition) is 0. The Bertz CT molecular complexity index is 1370. The fourth-order valence-corrected chi connectivity index (χ4v) is 4.86. The maximum Gasteiger partial charge on any atom is 0.227 e. The lowest BCUT2D eigenvalue weighted by atomic mass is 9.87. The van der Waals surface area contributed by atoms with E-state index in [9.17, 15) is 4.79 Å². The van der Waals surface area contributed by atoms with Crippen LogP contribution in [0.25, 0.3) is 11.0 Å². The molecule has 1 fully saturated rings. The van der Waals surface area contributed by atoms with Crippen LogP contribution < -0.4 is 14.4 Å². The van der Waals surface area contributed by atoms with Crippen LogP contribution in [0.15, 0.2) is 72.8 Å². The van der Waals surface area contributed by atoms with Crippen molar-refractivity contribution in [2.75, 3.05) is 25.2 Å². The van der Waals surface area contributed by atoms with Crippen LogP contribution in [-0.2, 0) is 16.8 Å². The fourth-order valence-electron chi connectivity index (χ4n) is 4.86. The zero-order valence-electron chi connectivity index (χ0n) is 21.4. The SMILES string of the molecule is COc1cccc(N2CC(c3nc4ccccc4n3CCOc3ccc(C(C)(C)C)cc3)CC2=O)c1. The van der Waals surface area contributed by atoms with Gasteiger partial charge in [0.1, 0.15) is 23.9 Å². The van der Waals surface area contributed by atoms with Crippen molar-refractivity contribution in [3.05, 3.63) is 84.2 Å². The zero-order chi connectivity index (χ0) is 25.3. The van der Waals surface area contributed by atoms with Crippen molar-refractivity contribution in [2.45, 2.75) is 45.1 Å². The van der Waals surface area contributed by atoms with Crippen molar-refractivity contribution in [3.8, 4) is 11.5 Å². The number of carbonyl (C=O) groups is 1. The molecule has 1 amide bonds. The maximum absolute atomic E-state index is 13.0. The van der Waals surface area contributed by atoms with Crippen molar-refractivity contribution < 1.29 is 14.3 Å². The molecule has 0 radical (unpaired) electrons. The molecule has 0 spiro atoms. The summed E-state index contributed by atoms with van der Waals surface area (Å²) in [6, 6.07) is 24.1. The third-order valence-electron chi connectivity index (χ3n) is 6.84. The maximum atomic E-state index is 13.0. The van der Waals surface area contributed by atoms with Gasteiger partial charge in [-0.25, -0.2) is 4.98 Å². The highest BCUT2D eigenvalue weighted by molar-refractivity contribution is 5.96. The third kappa shape index (κ3) is 4.81. The average Bonchev–Trinajstić information content (AvgIpc) is 3.44. The Labute approximate surface area is 212 Å². The van der Waals surface area contributed by atoms with Gasteiger partial charge in [-0.05, 0) is 47.4 Å². The topological polar surface area (TPSA) is 56.6 Å². The number of carbonyl (C=O) groups excluding carboxylic acids is 1. The zero-order valence-corrected chi connectivity index (χ0v) is 21.4. The van der Waals surface area contributed by atoms with E-state index in [1.165, 1.54) is 5.56 Å². The highest BCUT2D eigenvalue weighted by atomic mass is 16.5. The first-order valence-corrected chi connectivity index (χ1v) is 12.5. The van der Waals surface area contributed by atoms with Crippen LogP contribution >= 0.6 is 0 Å². The number of aromatic nitrogens is 2. The lowest BCUT2D eigenvalue weighted by Crippen LogP contribution is -2.24. The monoisotopic (exact) mass is 483 g/mol. The third-order valence-corrected chi connectivity index (χ3v) is 6.84. The average molecular weight is 484 g/mol. The molecular formula is C30H33N3O3. The molecule has 0 aliphatic carbocycles. The number of ether oxygens (including phenoxy) is 2. The first kappa shape index (κ1) is 23.9. The van der Waals surface area contributed by atoms with Gasteiger partial charge in [-0.1, -0.05) is 51.1 Å². The Morgan fingerprint density at radius 1 is 0.972 bits per heavy atom. The summed E-state index contributed by atoms with van der Waals surface area (Å²) < 4.78 is 13.7. The Balaban J connectivity index is 1.35. The molecule has 1 atom stereocenters. The molecule has 1 aliphatic heterocycles. The smallest absolute Gasteiger partial charge is 0.227 e. The van der Waals surface area contributed by atoms with Gasteiger partial charge in [0.25, 0.3) is 0 Å². The van der Waals surface area contributed by atoms with Gasteiger partial charge in [-0.3, -0.25) is 4.79 Å². The summed E-state index contributed by atoms with van der Waals surface area (Å²) in [5.41, 5.74) is 4.25. The number of para-hydroxylation sites is 2. The molecule has 4 aromatic rings. The van der Waals surface area contributed by atoms with Crippen LogP contribution in [0.2, 0.25) is 0 Å². The number of anilines is 1. The molecule has 0 N–H and O–H groups in total. The molecule has 1 saturated heterocycles. The van der Waals surface area contributed by atoms with Crippen molar-refractivity contribution in [2.24, 2.45) is 0 Å². The van der Waals surface area contributed by atoms with E-state index in [2.05, 4.69) is 43.5 Å². The Kier molecular flexibility index (Phi) is 6.44. The van der Waals surface area contributed by atoms with E-state index in [0.717, 1.165) is 34.0 Å². The lowest BCUT2D eigenvalue weighted by Gasteiger charge is -2.19. The standard InChI is InChI=1S/C30H33N3O3/c1-30(2,3)22-12-14-24(15-13-22)36-17-16-32-27-11-6-5-10-26(27)31-29(32)21-18-28(34)33(20-21)23-8-7-9-25(19-23)35-4/h5-15,19,21H,16-18,20H2,1-4H3. The molecule has 3 aromatic carbocycles. The second-order valence-electron chi connectivity index (χ2n) is 10.3. The Hall–Kier alpha value is -3.80. The number of imidazole rings is 1. The van der Waals surface area contributed by atoms with E-state index in [0.29, 0.717) is 26.1 Å². The fraction of sp³-hybridized carbons (Fsp3) is 0.333. The highest BCUT2D eigenvalue weighted by Crippen LogP contribution is 2.34. The van der Waals surface area contributed by atoms with E-state index in [1.54, 1.807) is 7.11 Å². The van der Waals surface area contributed by atoms with Crippen molar-refractivity contribution >= 4 is 22.6 Å². The van der Waals surface area contributed by atoms with Crippen LogP contribution in [0.1, 0.15) is 44.5 Å². The van der Waals surface area contributed by atoms with Crippen molar-refractivity contribution in [3.63, 3.8) is 0 Å². The number of hydrogen-bond acceptors (Lipinski definition) is 4. The Morgan fingerprint density at radius 3 is 2.50 bits per heavy atom. The van der Waals surface area contributed by atoms with Gasteiger partial charge in [0.05, 0.1) is 24.7 Å². The quantitative estimate of drug-likeness (QED) is 0.326. The number of amides is 1. The minimum absolute atomic E-state index is 0.00201. The van der Waals surface area contributed by atoms with Gasteiger partial charge < -0.3 is 18.9 Å². The van der Waals surface area contributed by atoms with Gasteiger partial charge in [0, 0.05) is 30.6 Å². The first-order chi connectivity index (χ1) is 17.3. The first-order valence-electron chi connectivity index (χ1n) is 12.5. The molecule has 0 saturated carbocycles. The second-order valence-corrected chi connectivity index (χ2v) is 10.3. The van der Waals surface area contributed by atoms with E-state index < -0.39 is 0 Å². The summed E-state index contributed by atoms with van der Waals surface area (Å²) in [6.45, 7) is 8.38. The lowest BCUT2D eigenvalue weighted by molar-refractivity contribution is -0.117. The molecule has 186 valence electrons. The van der Waals surface area contributed by atoms with Crippen LogP contribution in [0.4, 0.5) is 5.69 Å². The van der Waals surface area contributed by atoms with Gasteiger partial charge >= 0.3 is 0 Å². The minimum Gasteiger partial charge on any atom is -0.497 e. The van der Waals surface area contributed by atoms with Crippen LogP contribution in [0, 0.1) is 0 Å². The molecule has 1 aromatic heterocycles. The minimum atomic E-state index is 0.00201. The van der Waals surface area contributed by atoms with Crippen molar-refractivity contribution in [1.82, 2.24) is 9.55 Å². The second kappa shape index (κ2) is 9.69. The van der Waals surface area contributed by atoms with Gasteiger partial charge in [-0.2, -0.15) is 0 Å². The molecule has 1 unspecified atom stereocenters. The van der Waals surface area contributed by atoms with Gasteiger partial charge in [0.2, 0.25) is 5.91 Å². The molecule has 6 nitrogen and oxygen atoms in total. The molecular weight excluding hydrogens is 450 g/mol. The molecule has 1 aliphatic rings. The highest BCUT2D eigenvalue weighted by Gasteiger charge is 2.35. The number of methoxy groups -OCH3 is 1. The molecule has 5 rings (SSSR count). The van der Waals surface area contributed by atoms with Crippen molar-refractivity contribution in [1.29, 1.82) is 0 Å². The largest absolute Gasteiger partial charge is 0.497 e. The summed E-state index contributed by atoms with van der Waals surface area (Å²) in [4.78, 5) is 19.8. The van der Waals surface area contributed by atoms with E-state index in [4.69, 9.17) is 14.5 Å². The van der Waals surface area contributed by atoms with Crippen LogP contribution in [0.3, 0.4) is 0 Å². The summed E-state index contributed by atoms with van der Waals surface area (Å²) in [7, 11) is 1.64. The number of benzene rings is 3. The molecule has 0 bridgehead atoms. The van der Waals surface area contributed by atoms with Gasteiger partial charge in [0.15, 0.2) is 0 Å². The van der Waals surface area contributed by atoms with Gasteiger partial charge in [-0.15, -0.1) is 0 Å². The van der Waals surface area contributed by atoms with Crippen LogP contribution in [0.5, 0.6) is 11.5 Å². The van der Waals surface area contributed by atoms with E-state index in [1.807, 2.05) is 59.5 Å². The van der Waals surface area contributed by atoms with Crippen LogP contribution in [-0.4, -0.2) is 35.7 Å². The summed E-state index contributed by atoms with van der Waals surface area (Å²) in [5.74, 6) is 2.63. The van der Waals surface area contributed by atoms with E-state index in [-0.39, 0.29) is 17.2 Å². The number of fused-ring (bicyclic) bond motifs is 1. The summed E-state index contributed by atoms with van der Waals surface area (Å²) in [5, 5.41) is 0. The molecule has 6 heteroatoms. The number of nitrogens with zero attached hydrogens (tertiary/aromatic N) is 3. The predicted molar refractivity (Wildman–Crippen MR) is 143 cm³/mol. The Morgan fingerprint density at radius 2 is 1.75 bits per heavy atom. The number of rotatable bonds is 7. The predicted octanol–water partition coefficient (Wildman–Crippen LogP) is 5.94. The molecule has 2 heterocycles. The summed E-state index contributed by atoms with van der Waals surface area (Å²) >= 11 is 0. The molecule has 36 heavy (non-hydrogen) atoms. The summed E-state index contributed by atoms with van der Waals surface area (Å²) in [6.07, 6.45) is 0.426.